The molecule has 1 aromatic heterocycles. The topological polar surface area (TPSA) is 90.7 Å². The molecule has 1 aliphatic carbocycles. The second-order valence-electron chi connectivity index (χ2n) is 8.00. The van der Waals surface area contributed by atoms with Crippen LogP contribution >= 0.6 is 0 Å². The minimum absolute atomic E-state index is 0.0749. The molecule has 160 valence electrons. The molecule has 3 aromatic rings. The van der Waals surface area contributed by atoms with Crippen molar-refractivity contribution in [3.05, 3.63) is 71.7 Å². The Morgan fingerprint density at radius 3 is 2.52 bits per heavy atom. The number of carboxylic acid groups (broad SMARTS) is 1. The van der Waals surface area contributed by atoms with Gasteiger partial charge in [-0.2, -0.15) is 0 Å². The zero-order chi connectivity index (χ0) is 22.0. The summed E-state index contributed by atoms with van der Waals surface area (Å²) in [7, 11) is 0. The predicted octanol–water partition coefficient (Wildman–Crippen LogP) is 4.52. The number of hydrogen-bond donors (Lipinski definition) is 3. The first-order chi connectivity index (χ1) is 14.9. The zero-order valence-corrected chi connectivity index (χ0v) is 16.9. The van der Waals surface area contributed by atoms with Crippen LogP contribution in [0.25, 0.3) is 28.1 Å². The molecular formula is C25H24FNO4. The summed E-state index contributed by atoms with van der Waals surface area (Å²) in [5, 5.41) is 29.9. The van der Waals surface area contributed by atoms with Crippen molar-refractivity contribution >= 4 is 22.9 Å². The van der Waals surface area contributed by atoms with Crippen LogP contribution in [0.4, 0.5) is 4.39 Å². The Morgan fingerprint density at radius 2 is 1.84 bits per heavy atom. The SMILES string of the molecule is O=C(O)C[C@@H](O)C[C@H](O)C=Cc1c(C2CC2)nc2ccccc2c1-c1ccc(F)cc1. The van der Waals surface area contributed by atoms with Crippen molar-refractivity contribution in [2.75, 3.05) is 0 Å². The van der Waals surface area contributed by atoms with Gasteiger partial charge in [0.1, 0.15) is 5.82 Å². The van der Waals surface area contributed by atoms with Crippen molar-refractivity contribution in [2.45, 2.75) is 43.8 Å². The smallest absolute Gasteiger partial charge is 0.305 e. The van der Waals surface area contributed by atoms with E-state index in [0.29, 0.717) is 5.92 Å². The monoisotopic (exact) mass is 421 g/mol. The molecule has 1 aliphatic rings. The Kier molecular flexibility index (Phi) is 6.11. The van der Waals surface area contributed by atoms with Crippen LogP contribution in [0.1, 0.15) is 42.9 Å². The number of aromatic nitrogens is 1. The Morgan fingerprint density at radius 1 is 1.13 bits per heavy atom. The van der Waals surface area contributed by atoms with E-state index in [9.17, 15) is 19.4 Å². The molecule has 3 N–H and O–H groups in total. The van der Waals surface area contributed by atoms with Crippen LogP contribution < -0.4 is 0 Å². The number of halogens is 1. The van der Waals surface area contributed by atoms with E-state index in [4.69, 9.17) is 10.1 Å². The normalized spacial score (nSPS) is 16.0. The van der Waals surface area contributed by atoms with Crippen LogP contribution in [0.3, 0.4) is 0 Å². The molecule has 4 rings (SSSR count). The van der Waals surface area contributed by atoms with Gasteiger partial charge in [0.15, 0.2) is 0 Å². The molecule has 0 bridgehead atoms. The van der Waals surface area contributed by atoms with E-state index in [1.807, 2.05) is 24.3 Å². The third-order valence-electron chi connectivity index (χ3n) is 5.47. The molecule has 0 radical (unpaired) electrons. The molecule has 5 nitrogen and oxygen atoms in total. The summed E-state index contributed by atoms with van der Waals surface area (Å²) in [6.45, 7) is 0. The maximum Gasteiger partial charge on any atom is 0.305 e. The molecule has 2 aromatic carbocycles. The second kappa shape index (κ2) is 8.96. The third kappa shape index (κ3) is 4.98. The molecule has 0 amide bonds. The van der Waals surface area contributed by atoms with E-state index < -0.39 is 24.6 Å². The van der Waals surface area contributed by atoms with Crippen LogP contribution in [0.15, 0.2) is 54.6 Å². The van der Waals surface area contributed by atoms with E-state index >= 15 is 0 Å². The molecule has 0 spiro atoms. The maximum atomic E-state index is 13.6. The van der Waals surface area contributed by atoms with Gasteiger partial charge in [0, 0.05) is 28.9 Å². The van der Waals surface area contributed by atoms with Gasteiger partial charge in [-0.25, -0.2) is 4.39 Å². The van der Waals surface area contributed by atoms with Crippen molar-refractivity contribution in [1.82, 2.24) is 4.98 Å². The quantitative estimate of drug-likeness (QED) is 0.498. The van der Waals surface area contributed by atoms with Gasteiger partial charge in [0.05, 0.1) is 29.8 Å². The number of aliphatic hydroxyl groups excluding tert-OH is 2. The minimum Gasteiger partial charge on any atom is -0.481 e. The summed E-state index contributed by atoms with van der Waals surface area (Å²) in [6, 6.07) is 14.1. The Hall–Kier alpha value is -3.09. The summed E-state index contributed by atoms with van der Waals surface area (Å²) in [5.41, 5.74) is 4.43. The fourth-order valence-electron chi connectivity index (χ4n) is 3.86. The number of carboxylic acids is 1. The van der Waals surface area contributed by atoms with Crippen molar-refractivity contribution < 1.29 is 24.5 Å². The third-order valence-corrected chi connectivity index (χ3v) is 5.47. The Labute approximate surface area is 179 Å². The minimum atomic E-state index is -1.13. The van der Waals surface area contributed by atoms with Crippen LogP contribution in [0.2, 0.25) is 0 Å². The van der Waals surface area contributed by atoms with Gasteiger partial charge < -0.3 is 15.3 Å². The highest BCUT2D eigenvalue weighted by Gasteiger charge is 2.29. The van der Waals surface area contributed by atoms with Gasteiger partial charge in [-0.3, -0.25) is 9.78 Å². The lowest BCUT2D eigenvalue weighted by Gasteiger charge is -2.16. The largest absolute Gasteiger partial charge is 0.481 e. The van der Waals surface area contributed by atoms with Gasteiger partial charge in [0.25, 0.3) is 0 Å². The lowest BCUT2D eigenvalue weighted by Crippen LogP contribution is -2.19. The number of rotatable bonds is 8. The first-order valence-corrected chi connectivity index (χ1v) is 10.4. The lowest BCUT2D eigenvalue weighted by atomic mass is 9.92. The van der Waals surface area contributed by atoms with Crippen molar-refractivity contribution in [1.29, 1.82) is 0 Å². The van der Waals surface area contributed by atoms with E-state index in [2.05, 4.69) is 0 Å². The standard InChI is InChI=1S/C25H24FNO4/c26-17-9-7-15(8-10-17)24-20-3-1-2-4-22(20)27-25(16-5-6-16)21(24)12-11-18(28)13-19(29)14-23(30)31/h1-4,7-12,16,18-19,28-29H,5-6,13-14H2,(H,30,31)/t18-,19+/m1/s1. The van der Waals surface area contributed by atoms with E-state index in [-0.39, 0.29) is 12.2 Å². The summed E-state index contributed by atoms with van der Waals surface area (Å²) in [5.74, 6) is -1.10. The van der Waals surface area contributed by atoms with Crippen molar-refractivity contribution in [3.63, 3.8) is 0 Å². The Balaban J connectivity index is 1.79. The van der Waals surface area contributed by atoms with Gasteiger partial charge in [-0.05, 0) is 36.6 Å². The molecule has 2 atom stereocenters. The molecule has 1 heterocycles. The molecule has 1 fully saturated rings. The summed E-state index contributed by atoms with van der Waals surface area (Å²) in [6.07, 6.45) is 2.80. The van der Waals surface area contributed by atoms with E-state index in [1.165, 1.54) is 12.1 Å². The fourth-order valence-corrected chi connectivity index (χ4v) is 3.86. The van der Waals surface area contributed by atoms with Crippen LogP contribution in [0, 0.1) is 5.82 Å². The number of aliphatic carboxylic acids is 1. The van der Waals surface area contributed by atoms with Crippen LogP contribution in [-0.2, 0) is 4.79 Å². The van der Waals surface area contributed by atoms with Gasteiger partial charge >= 0.3 is 5.97 Å². The number of fused-ring (bicyclic) bond motifs is 1. The first kappa shape index (κ1) is 21.2. The number of aliphatic hydroxyl groups is 2. The van der Waals surface area contributed by atoms with Crippen LogP contribution in [0.5, 0.6) is 0 Å². The number of benzene rings is 2. The number of pyridine rings is 1. The fraction of sp³-hybridized carbons (Fsp3) is 0.280. The van der Waals surface area contributed by atoms with Crippen molar-refractivity contribution in [2.24, 2.45) is 0 Å². The maximum absolute atomic E-state index is 13.6. The number of para-hydroxylation sites is 1. The molecule has 0 unspecified atom stereocenters. The molecular weight excluding hydrogens is 397 g/mol. The number of hydrogen-bond acceptors (Lipinski definition) is 4. The summed E-state index contributed by atoms with van der Waals surface area (Å²) in [4.78, 5) is 15.6. The van der Waals surface area contributed by atoms with E-state index in [0.717, 1.165) is 46.1 Å². The highest BCUT2D eigenvalue weighted by Crippen LogP contribution is 2.45. The Bertz CT molecular complexity index is 1120. The predicted molar refractivity (Wildman–Crippen MR) is 117 cm³/mol. The van der Waals surface area contributed by atoms with Crippen LogP contribution in [-0.4, -0.2) is 38.5 Å². The number of carbonyl (C=O) groups is 1. The van der Waals surface area contributed by atoms with Crippen molar-refractivity contribution in [3.8, 4) is 11.1 Å². The molecule has 0 saturated heterocycles. The average molecular weight is 421 g/mol. The average Bonchev–Trinajstić information content (AvgIpc) is 3.56. The lowest BCUT2D eigenvalue weighted by molar-refractivity contribution is -0.139. The summed E-state index contributed by atoms with van der Waals surface area (Å²) >= 11 is 0. The summed E-state index contributed by atoms with van der Waals surface area (Å²) < 4.78 is 13.6. The molecule has 1 saturated carbocycles. The number of nitrogens with zero attached hydrogens (tertiary/aromatic N) is 1. The molecule has 31 heavy (non-hydrogen) atoms. The van der Waals surface area contributed by atoms with Gasteiger partial charge in [-0.15, -0.1) is 0 Å². The van der Waals surface area contributed by atoms with Gasteiger partial charge in [0.2, 0.25) is 0 Å². The molecule has 0 aliphatic heterocycles. The highest BCUT2D eigenvalue weighted by molar-refractivity contribution is 5.99. The van der Waals surface area contributed by atoms with Gasteiger partial charge in [-0.1, -0.05) is 42.5 Å². The highest BCUT2D eigenvalue weighted by atomic mass is 19.1. The first-order valence-electron chi connectivity index (χ1n) is 10.4. The zero-order valence-electron chi connectivity index (χ0n) is 16.9. The second-order valence-corrected chi connectivity index (χ2v) is 8.00. The van der Waals surface area contributed by atoms with E-state index in [1.54, 1.807) is 24.3 Å². The molecule has 6 heteroatoms.